The number of hydrogen-bond donors (Lipinski definition) is 3. The van der Waals surface area contributed by atoms with E-state index in [9.17, 15) is 19.2 Å². The van der Waals surface area contributed by atoms with Crippen molar-refractivity contribution in [2.45, 2.75) is 115 Å². The number of aromatic nitrogens is 7. The third-order valence-electron chi connectivity index (χ3n) is 14.6. The summed E-state index contributed by atoms with van der Waals surface area (Å²) in [7, 11) is 0. The summed E-state index contributed by atoms with van der Waals surface area (Å²) in [5, 5.41) is 15.1. The molecule has 75 heavy (non-hydrogen) atoms. The van der Waals surface area contributed by atoms with Gasteiger partial charge in [-0.1, -0.05) is 24.4 Å². The van der Waals surface area contributed by atoms with Crippen LogP contribution < -0.4 is 90.2 Å². The number of nitrogens with two attached hydrogens (primary N) is 1. The van der Waals surface area contributed by atoms with E-state index in [0.717, 1.165) is 43.6 Å². The van der Waals surface area contributed by atoms with E-state index in [1.54, 1.807) is 14.7 Å². The van der Waals surface area contributed by atoms with Gasteiger partial charge in [-0.3, -0.25) is 24.6 Å². The summed E-state index contributed by atoms with van der Waals surface area (Å²) in [4.78, 5) is 75.7. The molecule has 1 unspecified atom stereocenters. The van der Waals surface area contributed by atoms with Crippen molar-refractivity contribution in [3.05, 3.63) is 61.2 Å². The van der Waals surface area contributed by atoms with E-state index in [4.69, 9.17) is 30.1 Å². The number of nitrogen functional groups attached to an aromatic ring is 1. The molecule has 4 aliphatic heterocycles. The second-order valence-electron chi connectivity index (χ2n) is 21.2. The van der Waals surface area contributed by atoms with Crippen LogP contribution in [0.25, 0.3) is 33.8 Å². The molecule has 4 amide bonds. The quantitative estimate of drug-likeness (QED) is 0.127. The van der Waals surface area contributed by atoms with Crippen molar-refractivity contribution in [2.24, 2.45) is 5.92 Å². The third-order valence-corrected chi connectivity index (χ3v) is 14.6. The fourth-order valence-electron chi connectivity index (χ4n) is 10.2. The number of piperazine rings is 1. The minimum atomic E-state index is -0.745. The molecule has 0 radical (unpaired) electrons. The summed E-state index contributed by atoms with van der Waals surface area (Å²) in [5.41, 5.74) is 9.30. The van der Waals surface area contributed by atoms with Gasteiger partial charge < -0.3 is 42.4 Å². The number of imide groups is 1. The smallest absolute Gasteiger partial charge is 0.439 e. The van der Waals surface area contributed by atoms with Crippen LogP contribution in [-0.2, 0) is 24.7 Å². The number of nitrogens with one attached hydrogen (secondary N) is 2. The van der Waals surface area contributed by atoms with E-state index >= 15 is 8.78 Å². The molecular weight excluding hydrogens is 1090 g/mol. The maximum absolute atomic E-state index is 15.3. The number of hydrogen-bond acceptors (Lipinski definition) is 16. The molecule has 23 heteroatoms. The SMILES string of the molecule is C1CC1.CC(C)(C)n1nc(-c2noc(C3CC3)c2-c2ncc(C3CCN(C(=O)OCC(=O)N4CCC(CN5CCN(c6c(F)cc(NC7CCC(=O)NC7=O)cc6F)CC5)CC4)CC3)cn2)c2c(N)ncnc21.[CH3-].[Cs+]. The number of ether oxygens (including phenoxy) is 1. The van der Waals surface area contributed by atoms with Crippen molar-refractivity contribution in [1.29, 1.82) is 0 Å². The Bertz CT molecular complexity index is 2820. The number of amides is 4. The van der Waals surface area contributed by atoms with Crippen LogP contribution in [0, 0.1) is 25.0 Å². The Kier molecular flexibility index (Phi) is 18.2. The summed E-state index contributed by atoms with van der Waals surface area (Å²) < 4.78 is 43.8. The first-order valence-corrected chi connectivity index (χ1v) is 25.8. The van der Waals surface area contributed by atoms with Gasteiger partial charge in [0.2, 0.25) is 11.8 Å². The van der Waals surface area contributed by atoms with Gasteiger partial charge in [0.05, 0.1) is 16.5 Å². The van der Waals surface area contributed by atoms with Crippen molar-refractivity contribution >= 4 is 52.0 Å². The van der Waals surface area contributed by atoms with Crippen LogP contribution in [0.2, 0.25) is 0 Å². The van der Waals surface area contributed by atoms with Crippen LogP contribution in [-0.4, -0.2) is 145 Å². The van der Waals surface area contributed by atoms with E-state index in [2.05, 4.69) is 30.7 Å². The minimum absolute atomic E-state index is 0. The average molecular weight is 1160 g/mol. The third kappa shape index (κ3) is 13.1. The molecule has 6 fully saturated rings. The summed E-state index contributed by atoms with van der Waals surface area (Å²) in [6.07, 6.45) is 14.4. The number of likely N-dealkylation sites (tertiary alicyclic amines) is 2. The van der Waals surface area contributed by atoms with Gasteiger partial charge in [-0.15, -0.1) is 0 Å². The zero-order valence-corrected chi connectivity index (χ0v) is 50.0. The molecule has 6 aliphatic rings. The topological polar surface area (TPSA) is 236 Å². The number of anilines is 3. The molecule has 2 aliphatic carbocycles. The molecule has 20 nitrogen and oxygen atoms in total. The van der Waals surface area contributed by atoms with E-state index in [1.807, 2.05) is 37.8 Å². The molecule has 0 spiro atoms. The maximum atomic E-state index is 15.3. The maximum Gasteiger partial charge on any atom is 1.00 e. The Balaban J connectivity index is 0.00000144. The van der Waals surface area contributed by atoms with Gasteiger partial charge in [-0.2, -0.15) is 5.10 Å². The first-order valence-electron chi connectivity index (χ1n) is 25.8. The molecular formula is C52H67CsF2N14O6. The van der Waals surface area contributed by atoms with Crippen LogP contribution in [0.3, 0.4) is 0 Å². The summed E-state index contributed by atoms with van der Waals surface area (Å²) in [6.45, 7) is 10.8. The van der Waals surface area contributed by atoms with E-state index in [-0.39, 0.29) is 131 Å². The summed E-state index contributed by atoms with van der Waals surface area (Å²) in [6, 6.07) is 1.63. The van der Waals surface area contributed by atoms with Crippen LogP contribution in [0.5, 0.6) is 0 Å². The molecule has 8 heterocycles. The number of nitrogens with zero attached hydrogens (tertiary/aromatic N) is 11. The van der Waals surface area contributed by atoms with Crippen LogP contribution in [0.15, 0.2) is 35.4 Å². The Morgan fingerprint density at radius 2 is 1.49 bits per heavy atom. The predicted octanol–water partition coefficient (Wildman–Crippen LogP) is 3.65. The zero-order valence-electron chi connectivity index (χ0n) is 43.7. The summed E-state index contributed by atoms with van der Waals surface area (Å²) in [5.74, 6) is -0.354. The number of carbonyl (C=O) groups excluding carboxylic acids is 4. The first-order chi connectivity index (χ1) is 35.2. The molecule has 4 saturated heterocycles. The fraction of sp³-hybridized carbons (Fsp3) is 0.558. The van der Waals surface area contributed by atoms with Crippen molar-refractivity contribution in [1.82, 2.24) is 54.9 Å². The first kappa shape index (κ1) is 56.4. The number of fused-ring (bicyclic) bond motifs is 1. The Hall–Kier alpha value is -4.79. The van der Waals surface area contributed by atoms with Crippen molar-refractivity contribution in [2.75, 3.05) is 81.5 Å². The zero-order chi connectivity index (χ0) is 51.0. The summed E-state index contributed by atoms with van der Waals surface area (Å²) >= 11 is 0. The van der Waals surface area contributed by atoms with E-state index in [0.29, 0.717) is 111 Å². The normalized spacial score (nSPS) is 19.6. The molecule has 5 aromatic rings. The van der Waals surface area contributed by atoms with Gasteiger partial charge in [-0.25, -0.2) is 38.2 Å². The van der Waals surface area contributed by atoms with Crippen LogP contribution in [0.1, 0.15) is 115 Å². The number of piperidine rings is 3. The van der Waals surface area contributed by atoms with Gasteiger partial charge in [0.15, 0.2) is 35.5 Å². The molecule has 1 atom stereocenters. The van der Waals surface area contributed by atoms with Crippen molar-refractivity contribution in [3.63, 3.8) is 0 Å². The van der Waals surface area contributed by atoms with Crippen LogP contribution in [0.4, 0.5) is 30.8 Å². The average Bonchev–Trinajstić information content (AvgIpc) is 4.34. The number of halogens is 2. The van der Waals surface area contributed by atoms with Gasteiger partial charge in [0.1, 0.15) is 35.3 Å². The minimum Gasteiger partial charge on any atom is -0.439 e. The second-order valence-corrected chi connectivity index (χ2v) is 21.2. The monoisotopic (exact) mass is 1150 g/mol. The van der Waals surface area contributed by atoms with Gasteiger partial charge in [0.25, 0.3) is 5.91 Å². The molecule has 4 aromatic heterocycles. The fourth-order valence-corrected chi connectivity index (χ4v) is 10.2. The number of rotatable bonds is 11. The van der Waals surface area contributed by atoms with E-state index < -0.39 is 35.2 Å². The van der Waals surface area contributed by atoms with Gasteiger partial charge in [0, 0.05) is 89.3 Å². The Labute approximate surface area is 494 Å². The largest absolute Gasteiger partial charge is 1.00 e. The number of carbonyl (C=O) groups is 4. The molecule has 4 N–H and O–H groups in total. The molecule has 396 valence electrons. The van der Waals surface area contributed by atoms with Crippen molar-refractivity contribution < 1.29 is 106 Å². The molecule has 0 bridgehead atoms. The predicted molar refractivity (Wildman–Crippen MR) is 272 cm³/mol. The Morgan fingerprint density at radius 3 is 2.11 bits per heavy atom. The van der Waals surface area contributed by atoms with Gasteiger partial charge >= 0.3 is 75.0 Å². The van der Waals surface area contributed by atoms with Crippen molar-refractivity contribution in [3.8, 4) is 22.8 Å². The molecule has 11 rings (SSSR count). The second kappa shape index (κ2) is 24.3. The van der Waals surface area contributed by atoms with E-state index in [1.165, 1.54) is 37.7 Å². The van der Waals surface area contributed by atoms with Crippen LogP contribution >= 0.6 is 0 Å². The standard InChI is InChI=1S/C48H58F2N14O6.C3H6.CH3.Cs/c1-48(2,3)64-45-38(43(51)54-26-55-45)39(58-64)40-37(42(70-59-40)29-4-5-29)44-52-22-30(23-53-44)28-10-14-63(15-11-28)47(68)69-25-36(66)61-12-8-27(9-13-61)24-60-16-18-62(19-17-60)41-32(49)20-31(21-33(41)50)56-34-6-7-35(65)57-46(34)67;1-2-3-1;;/h20-23,26-29,34,56H,4-19,24-25H2,1-3H3,(H2,51,54,55)(H,57,65,67);1-3H2;1H3;/q;;-1;+1. The molecule has 1 aromatic carbocycles. The van der Waals surface area contributed by atoms with Gasteiger partial charge in [-0.05, 0) is 95.2 Å². The Morgan fingerprint density at radius 1 is 0.840 bits per heavy atom. The number of benzene rings is 1. The molecule has 2 saturated carbocycles.